The van der Waals surface area contributed by atoms with Crippen molar-refractivity contribution < 1.29 is 0 Å². The van der Waals surface area contributed by atoms with Crippen LogP contribution in [0.15, 0.2) is 53.3 Å². The van der Waals surface area contributed by atoms with Crippen molar-refractivity contribution in [3.63, 3.8) is 0 Å². The van der Waals surface area contributed by atoms with Gasteiger partial charge in [-0.15, -0.1) is 0 Å². The Morgan fingerprint density at radius 3 is 2.65 bits per heavy atom. The van der Waals surface area contributed by atoms with E-state index in [1.165, 1.54) is 22.2 Å². The largest absolute Gasteiger partial charge is 0.346 e. The number of aromatic amines is 1. The number of benzene rings is 2. The van der Waals surface area contributed by atoms with E-state index in [0.717, 1.165) is 37.1 Å². The van der Waals surface area contributed by atoms with Gasteiger partial charge in [-0.1, -0.05) is 30.3 Å². The van der Waals surface area contributed by atoms with Crippen molar-refractivity contribution in [2.45, 2.75) is 19.5 Å². The summed E-state index contributed by atoms with van der Waals surface area (Å²) in [4.78, 5) is 17.7. The second-order valence-corrected chi connectivity index (χ2v) is 7.13. The highest BCUT2D eigenvalue weighted by Gasteiger charge is 2.22. The van der Waals surface area contributed by atoms with Gasteiger partial charge >= 0.3 is 5.69 Å². The van der Waals surface area contributed by atoms with Gasteiger partial charge in [0.25, 0.3) is 0 Å². The molecule has 4 aromatic rings. The lowest BCUT2D eigenvalue weighted by Crippen LogP contribution is -2.35. The zero-order valence-electron chi connectivity index (χ0n) is 14.9. The number of H-pyrrole nitrogens is 1. The molecular weight excluding hydrogens is 324 g/mol. The number of hydrogen-bond donors (Lipinski definition) is 1. The van der Waals surface area contributed by atoms with E-state index < -0.39 is 0 Å². The highest BCUT2D eigenvalue weighted by molar-refractivity contribution is 5.85. The van der Waals surface area contributed by atoms with E-state index in [1.807, 2.05) is 28.8 Å². The molecule has 0 atom stereocenters. The predicted molar refractivity (Wildman–Crippen MR) is 104 cm³/mol. The van der Waals surface area contributed by atoms with E-state index in [4.69, 9.17) is 0 Å². The molecule has 0 saturated heterocycles. The van der Waals surface area contributed by atoms with E-state index >= 15 is 0 Å². The Morgan fingerprint density at radius 1 is 1.00 bits per heavy atom. The minimum absolute atomic E-state index is 0.0199. The van der Waals surface area contributed by atoms with Crippen molar-refractivity contribution >= 4 is 21.9 Å². The van der Waals surface area contributed by atoms with Gasteiger partial charge in [0, 0.05) is 49.8 Å². The lowest BCUT2D eigenvalue weighted by molar-refractivity contribution is 0.239. The number of imidazole rings is 1. The van der Waals surface area contributed by atoms with Gasteiger partial charge in [0.2, 0.25) is 0 Å². The molecule has 1 N–H and O–H groups in total. The summed E-state index contributed by atoms with van der Waals surface area (Å²) >= 11 is 0. The molecule has 0 bridgehead atoms. The lowest BCUT2D eigenvalue weighted by atomic mass is 10.0. The zero-order valence-corrected chi connectivity index (χ0v) is 14.9. The minimum Gasteiger partial charge on any atom is -0.346 e. The van der Waals surface area contributed by atoms with Crippen molar-refractivity contribution in [2.24, 2.45) is 7.05 Å². The highest BCUT2D eigenvalue weighted by Crippen LogP contribution is 2.29. The molecule has 2 aromatic carbocycles. The van der Waals surface area contributed by atoms with Gasteiger partial charge in [0.05, 0.1) is 11.0 Å². The van der Waals surface area contributed by atoms with Crippen LogP contribution in [0.3, 0.4) is 0 Å². The summed E-state index contributed by atoms with van der Waals surface area (Å²) < 4.78 is 4.18. The van der Waals surface area contributed by atoms with Gasteiger partial charge in [-0.05, 0) is 30.2 Å². The van der Waals surface area contributed by atoms with Gasteiger partial charge in [-0.2, -0.15) is 0 Å². The second kappa shape index (κ2) is 5.88. The zero-order chi connectivity index (χ0) is 17.7. The van der Waals surface area contributed by atoms with Crippen LogP contribution in [0.2, 0.25) is 0 Å². The van der Waals surface area contributed by atoms with Crippen LogP contribution in [0, 0.1) is 0 Å². The molecule has 0 radical (unpaired) electrons. The summed E-state index contributed by atoms with van der Waals surface area (Å²) in [6.07, 6.45) is 1.07. The van der Waals surface area contributed by atoms with E-state index in [2.05, 4.69) is 45.8 Å². The maximum Gasteiger partial charge on any atom is 0.326 e. The Hall–Kier alpha value is -2.79. The van der Waals surface area contributed by atoms with Crippen LogP contribution in [-0.2, 0) is 26.6 Å². The molecule has 0 spiro atoms. The summed E-state index contributed by atoms with van der Waals surface area (Å²) in [7, 11) is 2.16. The molecule has 1 aliphatic rings. The molecule has 2 aromatic heterocycles. The number of fused-ring (bicyclic) bond motifs is 4. The van der Waals surface area contributed by atoms with Crippen LogP contribution in [0.25, 0.3) is 21.9 Å². The highest BCUT2D eigenvalue weighted by atomic mass is 16.1. The number of para-hydroxylation sites is 3. The summed E-state index contributed by atoms with van der Waals surface area (Å²) in [5.41, 5.74) is 6.08. The SMILES string of the molecule is Cn1c2c(c3ccccc31)CCN(CCn1c(=O)[nH]c3ccccc31)C2. The standard InChI is InChI=1S/C21H22N4O/c1-23-18-8-4-2-6-15(18)16-10-11-24(14-20(16)23)12-13-25-19-9-5-3-7-17(19)22-21(25)26/h2-9H,10-14H2,1H3,(H,22,26). The fourth-order valence-corrected chi connectivity index (χ4v) is 4.33. The summed E-state index contributed by atoms with van der Waals surface area (Å²) in [6.45, 7) is 3.57. The molecule has 3 heterocycles. The molecule has 132 valence electrons. The average Bonchev–Trinajstić information content (AvgIpc) is 3.14. The first-order valence-corrected chi connectivity index (χ1v) is 9.17. The third-order valence-electron chi connectivity index (χ3n) is 5.72. The maximum atomic E-state index is 12.3. The molecule has 0 unspecified atom stereocenters. The van der Waals surface area contributed by atoms with E-state index in [1.54, 1.807) is 0 Å². The molecule has 0 amide bonds. The van der Waals surface area contributed by atoms with Crippen LogP contribution in [0.5, 0.6) is 0 Å². The lowest BCUT2D eigenvalue weighted by Gasteiger charge is -2.28. The second-order valence-electron chi connectivity index (χ2n) is 7.13. The number of nitrogens with one attached hydrogen (secondary N) is 1. The Morgan fingerprint density at radius 2 is 1.77 bits per heavy atom. The van der Waals surface area contributed by atoms with Gasteiger partial charge in [0.15, 0.2) is 0 Å². The first kappa shape index (κ1) is 15.5. The predicted octanol–water partition coefficient (Wildman–Crippen LogP) is 2.88. The number of aromatic nitrogens is 3. The minimum atomic E-state index is -0.0199. The van der Waals surface area contributed by atoms with Crippen LogP contribution >= 0.6 is 0 Å². The Kier molecular flexibility index (Phi) is 3.50. The molecule has 26 heavy (non-hydrogen) atoms. The van der Waals surface area contributed by atoms with E-state index in [9.17, 15) is 4.79 Å². The van der Waals surface area contributed by atoms with Crippen LogP contribution in [0.4, 0.5) is 0 Å². The average molecular weight is 346 g/mol. The van der Waals surface area contributed by atoms with Crippen LogP contribution in [0.1, 0.15) is 11.3 Å². The van der Waals surface area contributed by atoms with E-state index in [-0.39, 0.29) is 5.69 Å². The Bertz CT molecular complexity index is 1160. The molecular formula is C21H22N4O. The molecule has 0 saturated carbocycles. The van der Waals surface area contributed by atoms with E-state index in [0.29, 0.717) is 6.54 Å². The van der Waals surface area contributed by atoms with Crippen molar-refractivity contribution in [2.75, 3.05) is 13.1 Å². The molecule has 5 rings (SSSR count). The smallest absolute Gasteiger partial charge is 0.326 e. The quantitative estimate of drug-likeness (QED) is 0.620. The Balaban J connectivity index is 1.40. The summed E-state index contributed by atoms with van der Waals surface area (Å²) in [6, 6.07) is 16.6. The Labute approximate surface area is 151 Å². The number of aryl methyl sites for hydroxylation is 1. The molecule has 5 heteroatoms. The molecule has 0 fully saturated rings. The summed E-state index contributed by atoms with van der Waals surface area (Å²) in [5, 5.41) is 1.39. The fraction of sp³-hybridized carbons (Fsp3) is 0.286. The monoisotopic (exact) mass is 346 g/mol. The third kappa shape index (κ3) is 2.31. The van der Waals surface area contributed by atoms with Crippen molar-refractivity contribution in [1.29, 1.82) is 0 Å². The fourth-order valence-electron chi connectivity index (χ4n) is 4.33. The number of nitrogens with zero attached hydrogens (tertiary/aromatic N) is 3. The normalized spacial score (nSPS) is 15.0. The summed E-state index contributed by atoms with van der Waals surface area (Å²) in [5.74, 6) is 0. The number of hydrogen-bond acceptors (Lipinski definition) is 2. The van der Waals surface area contributed by atoms with Crippen molar-refractivity contribution in [3.05, 3.63) is 70.3 Å². The van der Waals surface area contributed by atoms with Gasteiger partial charge < -0.3 is 9.55 Å². The van der Waals surface area contributed by atoms with Crippen molar-refractivity contribution in [1.82, 2.24) is 19.0 Å². The van der Waals surface area contributed by atoms with Crippen molar-refractivity contribution in [3.8, 4) is 0 Å². The molecule has 5 nitrogen and oxygen atoms in total. The third-order valence-corrected chi connectivity index (χ3v) is 5.72. The first-order valence-electron chi connectivity index (χ1n) is 9.17. The van der Waals surface area contributed by atoms with Gasteiger partial charge in [0.1, 0.15) is 0 Å². The molecule has 1 aliphatic heterocycles. The van der Waals surface area contributed by atoms with Gasteiger partial charge in [-0.25, -0.2) is 4.79 Å². The molecule has 0 aliphatic carbocycles. The first-order chi connectivity index (χ1) is 12.7. The van der Waals surface area contributed by atoms with Gasteiger partial charge in [-0.3, -0.25) is 9.47 Å². The number of rotatable bonds is 3. The van der Waals surface area contributed by atoms with Crippen LogP contribution < -0.4 is 5.69 Å². The maximum absolute atomic E-state index is 12.3. The van der Waals surface area contributed by atoms with Crippen LogP contribution in [-0.4, -0.2) is 32.1 Å². The topological polar surface area (TPSA) is 46.0 Å².